The molecule has 0 spiro atoms. The Morgan fingerprint density at radius 2 is 1.84 bits per heavy atom. The van der Waals surface area contributed by atoms with Crippen LogP contribution in [0.1, 0.15) is 18.9 Å². The molecule has 1 rings (SSSR count). The summed E-state index contributed by atoms with van der Waals surface area (Å²) in [6, 6.07) is 3.66. The van der Waals surface area contributed by atoms with Crippen molar-refractivity contribution < 1.29 is 19.7 Å². The number of nitrogens with two attached hydrogens (primary N) is 1. The van der Waals surface area contributed by atoms with E-state index in [-0.39, 0.29) is 6.42 Å². The fourth-order valence-electron chi connectivity index (χ4n) is 1.68. The molecule has 0 aliphatic rings. The molecule has 0 fully saturated rings. The van der Waals surface area contributed by atoms with Crippen LogP contribution in [0.25, 0.3) is 0 Å². The first-order valence-electron chi connectivity index (χ1n) is 6.02. The van der Waals surface area contributed by atoms with Crippen LogP contribution in [0, 0.1) is 0 Å². The van der Waals surface area contributed by atoms with Gasteiger partial charge in [-0.1, -0.05) is 0 Å². The molecular weight excluding hydrogens is 313 g/mol. The van der Waals surface area contributed by atoms with E-state index in [0.717, 1.165) is 22.0 Å². The van der Waals surface area contributed by atoms with Gasteiger partial charge in [0, 0.05) is 0 Å². The Labute approximate surface area is 119 Å². The molecule has 6 heteroatoms. The fraction of sp³-hybridized carbons (Fsp3) is 0.538. The third-order valence-electron chi connectivity index (χ3n) is 2.48. The van der Waals surface area contributed by atoms with Crippen LogP contribution in [-0.2, 0) is 6.42 Å². The molecule has 0 saturated carbocycles. The van der Waals surface area contributed by atoms with Gasteiger partial charge >= 0.3 is 119 Å². The quantitative estimate of drug-likeness (QED) is 0.483. The van der Waals surface area contributed by atoms with Crippen molar-refractivity contribution >= 4 is 19.4 Å². The molecule has 0 amide bonds. The Bertz CT molecular complexity index is 418. The molecule has 19 heavy (non-hydrogen) atoms. The van der Waals surface area contributed by atoms with Gasteiger partial charge in [-0.05, 0) is 0 Å². The van der Waals surface area contributed by atoms with Gasteiger partial charge in [-0.2, -0.15) is 0 Å². The van der Waals surface area contributed by atoms with Crippen molar-refractivity contribution in [1.29, 1.82) is 0 Å². The molecule has 0 saturated heterocycles. The Morgan fingerprint density at radius 3 is 2.32 bits per heavy atom. The van der Waals surface area contributed by atoms with Gasteiger partial charge in [0.05, 0.1) is 0 Å². The zero-order valence-corrected chi connectivity index (χ0v) is 13.2. The van der Waals surface area contributed by atoms with E-state index in [2.05, 4.69) is 6.92 Å². The maximum atomic E-state index is 9.31. The van der Waals surface area contributed by atoms with E-state index < -0.39 is 5.91 Å². The van der Waals surface area contributed by atoms with Crippen LogP contribution in [0.4, 0.5) is 0 Å². The Hall–Kier alpha value is -0.781. The van der Waals surface area contributed by atoms with E-state index in [9.17, 15) is 10.2 Å². The maximum absolute atomic E-state index is 9.31. The molecule has 0 radical (unpaired) electrons. The zero-order chi connectivity index (χ0) is 14.5. The number of hydrogen-bond acceptors (Lipinski definition) is 5. The summed E-state index contributed by atoms with van der Waals surface area (Å²) in [6.07, 6.45) is 1.00. The summed E-state index contributed by atoms with van der Waals surface area (Å²) < 4.78 is 11.7. The minimum atomic E-state index is -2.26. The molecule has 0 aromatic heterocycles. The molecule has 4 N–H and O–H groups in total. The standard InChI is InChI=1S/C13H21NO4Se/c1-4-5-19-12-7-10(17-2)9(6-11(12)18-3)8-13(14,15)16/h6-7,15-16H,4-5,8,14H2,1-3H3. The molecule has 0 aliphatic heterocycles. The third kappa shape index (κ3) is 5.01. The van der Waals surface area contributed by atoms with Crippen LogP contribution in [0.2, 0.25) is 5.32 Å². The van der Waals surface area contributed by atoms with Gasteiger partial charge in [0.2, 0.25) is 0 Å². The monoisotopic (exact) mass is 335 g/mol. The van der Waals surface area contributed by atoms with Crippen LogP contribution in [0.3, 0.4) is 0 Å². The second-order valence-corrected chi connectivity index (χ2v) is 6.60. The predicted molar refractivity (Wildman–Crippen MR) is 75.1 cm³/mol. The van der Waals surface area contributed by atoms with E-state index >= 15 is 0 Å². The van der Waals surface area contributed by atoms with E-state index in [1.165, 1.54) is 0 Å². The number of rotatable bonds is 7. The van der Waals surface area contributed by atoms with Gasteiger partial charge in [-0.25, -0.2) is 0 Å². The van der Waals surface area contributed by atoms with Crippen molar-refractivity contribution in [1.82, 2.24) is 0 Å². The van der Waals surface area contributed by atoms with Crippen molar-refractivity contribution in [2.75, 3.05) is 14.2 Å². The average molecular weight is 334 g/mol. The van der Waals surface area contributed by atoms with Gasteiger partial charge in [0.1, 0.15) is 0 Å². The van der Waals surface area contributed by atoms with Crippen LogP contribution in [0.5, 0.6) is 11.5 Å². The van der Waals surface area contributed by atoms with Crippen LogP contribution in [0.15, 0.2) is 12.1 Å². The molecule has 0 aliphatic carbocycles. The van der Waals surface area contributed by atoms with Gasteiger partial charge in [0.25, 0.3) is 0 Å². The first kappa shape index (κ1) is 16.3. The van der Waals surface area contributed by atoms with E-state index in [4.69, 9.17) is 15.2 Å². The number of hydrogen-bond donors (Lipinski definition) is 3. The van der Waals surface area contributed by atoms with Gasteiger partial charge in [-0.15, -0.1) is 0 Å². The minimum absolute atomic E-state index is 0.117. The van der Waals surface area contributed by atoms with Crippen LogP contribution in [-0.4, -0.2) is 45.3 Å². The topological polar surface area (TPSA) is 84.9 Å². The average Bonchev–Trinajstić information content (AvgIpc) is 2.34. The van der Waals surface area contributed by atoms with Crippen molar-refractivity contribution in [3.05, 3.63) is 17.7 Å². The normalized spacial score (nSPS) is 11.5. The predicted octanol–water partition coefficient (Wildman–Crippen LogP) is 0.00120. The van der Waals surface area contributed by atoms with Gasteiger partial charge in [-0.3, -0.25) is 0 Å². The van der Waals surface area contributed by atoms with E-state index in [0.29, 0.717) is 26.3 Å². The first-order chi connectivity index (χ1) is 8.91. The molecule has 1 aromatic carbocycles. The molecule has 108 valence electrons. The van der Waals surface area contributed by atoms with Crippen LogP contribution >= 0.6 is 0 Å². The molecule has 0 heterocycles. The summed E-state index contributed by atoms with van der Waals surface area (Å²) in [7, 11) is 3.15. The van der Waals surface area contributed by atoms with E-state index in [1.54, 1.807) is 20.3 Å². The summed E-state index contributed by atoms with van der Waals surface area (Å²) in [6.45, 7) is 2.14. The number of methoxy groups -OCH3 is 2. The Balaban J connectivity index is 3.11. The van der Waals surface area contributed by atoms with Gasteiger partial charge < -0.3 is 0 Å². The zero-order valence-electron chi connectivity index (χ0n) is 11.5. The summed E-state index contributed by atoms with van der Waals surface area (Å²) >= 11 is 0.310. The Kier molecular flexibility index (Phi) is 6.10. The van der Waals surface area contributed by atoms with Gasteiger partial charge in [0.15, 0.2) is 0 Å². The van der Waals surface area contributed by atoms with Crippen molar-refractivity contribution in [2.24, 2.45) is 5.73 Å². The number of benzene rings is 1. The number of aliphatic hydroxyl groups is 2. The summed E-state index contributed by atoms with van der Waals surface area (Å²) in [4.78, 5) is 0. The summed E-state index contributed by atoms with van der Waals surface area (Å²) in [5.74, 6) is -0.908. The van der Waals surface area contributed by atoms with Crippen LogP contribution < -0.4 is 19.7 Å². The second kappa shape index (κ2) is 7.12. The second-order valence-electron chi connectivity index (χ2n) is 4.22. The SMILES string of the molecule is CCC[Se]c1cc(OC)c(CC(N)(O)O)cc1OC. The first-order valence-corrected chi connectivity index (χ1v) is 8.09. The summed E-state index contributed by atoms with van der Waals surface area (Å²) in [5.41, 5.74) is 5.83. The van der Waals surface area contributed by atoms with Crippen molar-refractivity contribution in [2.45, 2.75) is 31.0 Å². The van der Waals surface area contributed by atoms with Crippen molar-refractivity contribution in [3.63, 3.8) is 0 Å². The molecule has 1 aromatic rings. The third-order valence-corrected chi connectivity index (χ3v) is 5.09. The molecule has 5 nitrogen and oxygen atoms in total. The fourth-order valence-corrected chi connectivity index (χ4v) is 3.56. The molecule has 0 atom stereocenters. The molecular formula is C13H21NO4Se. The van der Waals surface area contributed by atoms with Crippen molar-refractivity contribution in [3.8, 4) is 11.5 Å². The molecule has 0 unspecified atom stereocenters. The summed E-state index contributed by atoms with van der Waals surface area (Å²) in [5, 5.41) is 19.7. The Morgan fingerprint density at radius 1 is 1.21 bits per heavy atom. The van der Waals surface area contributed by atoms with E-state index in [1.807, 2.05) is 6.07 Å². The molecule has 0 bridgehead atoms. The number of ether oxygens (including phenoxy) is 2.